The number of alkyl halides is 3. The van der Waals surface area contributed by atoms with Gasteiger partial charge in [-0.1, -0.05) is 12.1 Å². The van der Waals surface area contributed by atoms with Gasteiger partial charge < -0.3 is 15.5 Å². The lowest BCUT2D eigenvalue weighted by molar-refractivity contribution is -0.143. The molecule has 1 unspecified atom stereocenters. The highest BCUT2D eigenvalue weighted by Gasteiger charge is 2.34. The Hall–Kier alpha value is -1.56. The smallest absolute Gasteiger partial charge is 0.357 e. The number of carbonyl (C=O) groups is 1. The van der Waals surface area contributed by atoms with Crippen LogP contribution in [-0.4, -0.2) is 62.2 Å². The molecule has 0 bridgehead atoms. The zero-order chi connectivity index (χ0) is 21.6. The SMILES string of the molecule is CCNC(=NCc1ccc(N2CCCC2=O)cc1)NCC1CCN(CC(F)(F)F)C1.I. The third-order valence-electron chi connectivity index (χ3n) is 5.42. The number of likely N-dealkylation sites (tertiary alicyclic amines) is 1. The largest absolute Gasteiger partial charge is 0.401 e. The highest BCUT2D eigenvalue weighted by molar-refractivity contribution is 14.0. The van der Waals surface area contributed by atoms with Crippen molar-refractivity contribution in [2.75, 3.05) is 44.2 Å². The summed E-state index contributed by atoms with van der Waals surface area (Å²) in [6.45, 7) is 4.61. The van der Waals surface area contributed by atoms with Gasteiger partial charge in [0.1, 0.15) is 0 Å². The number of carbonyl (C=O) groups excluding carboxylic acids is 1. The van der Waals surface area contributed by atoms with E-state index in [4.69, 9.17) is 0 Å². The van der Waals surface area contributed by atoms with Crippen molar-refractivity contribution in [2.45, 2.75) is 38.9 Å². The Morgan fingerprint density at radius 2 is 1.94 bits per heavy atom. The number of hydrogen-bond donors (Lipinski definition) is 2. The van der Waals surface area contributed by atoms with E-state index >= 15 is 0 Å². The standard InChI is InChI=1S/C21H30F3N5O.HI/c1-2-25-20(27-13-17-9-11-28(14-17)15-21(22,23)24)26-12-16-5-7-18(8-6-16)29-10-3-4-19(29)30;/h5-8,17H,2-4,9-15H2,1H3,(H2,25,26,27);1H. The first-order chi connectivity index (χ1) is 14.3. The van der Waals surface area contributed by atoms with E-state index < -0.39 is 12.7 Å². The Kier molecular flexibility index (Phi) is 9.86. The van der Waals surface area contributed by atoms with Gasteiger partial charge in [-0.05, 0) is 49.9 Å². The van der Waals surface area contributed by atoms with E-state index in [1.54, 1.807) is 0 Å². The summed E-state index contributed by atoms with van der Waals surface area (Å²) in [5, 5.41) is 6.44. The first-order valence-corrected chi connectivity index (χ1v) is 10.5. The Morgan fingerprint density at radius 1 is 1.19 bits per heavy atom. The fourth-order valence-corrected chi connectivity index (χ4v) is 3.93. The monoisotopic (exact) mass is 553 g/mol. The van der Waals surface area contributed by atoms with Gasteiger partial charge in [0.25, 0.3) is 0 Å². The molecule has 2 aliphatic rings. The first-order valence-electron chi connectivity index (χ1n) is 10.5. The van der Waals surface area contributed by atoms with Crippen LogP contribution in [0.15, 0.2) is 29.3 Å². The van der Waals surface area contributed by atoms with E-state index in [-0.39, 0.29) is 35.8 Å². The molecule has 2 heterocycles. The number of nitrogens with one attached hydrogen (secondary N) is 2. The number of halogens is 4. The number of rotatable bonds is 7. The number of anilines is 1. The van der Waals surface area contributed by atoms with Crippen LogP contribution in [0, 0.1) is 5.92 Å². The lowest BCUT2D eigenvalue weighted by Gasteiger charge is -2.18. The molecule has 0 aliphatic carbocycles. The highest BCUT2D eigenvalue weighted by atomic mass is 127. The number of nitrogens with zero attached hydrogens (tertiary/aromatic N) is 3. The zero-order valence-electron chi connectivity index (χ0n) is 17.7. The molecule has 174 valence electrons. The minimum Gasteiger partial charge on any atom is -0.357 e. The second kappa shape index (κ2) is 11.9. The third kappa shape index (κ3) is 8.13. The van der Waals surface area contributed by atoms with Crippen LogP contribution in [-0.2, 0) is 11.3 Å². The second-order valence-corrected chi connectivity index (χ2v) is 7.90. The van der Waals surface area contributed by atoms with Crippen LogP contribution >= 0.6 is 24.0 Å². The molecule has 2 N–H and O–H groups in total. The molecule has 3 rings (SSSR count). The molecular weight excluding hydrogens is 522 g/mol. The molecule has 6 nitrogen and oxygen atoms in total. The maximum absolute atomic E-state index is 12.5. The fraction of sp³-hybridized carbons (Fsp3) is 0.619. The predicted octanol–water partition coefficient (Wildman–Crippen LogP) is 3.37. The normalized spacial score (nSPS) is 20.1. The molecule has 0 radical (unpaired) electrons. The predicted molar refractivity (Wildman–Crippen MR) is 127 cm³/mol. The molecule has 1 aromatic rings. The van der Waals surface area contributed by atoms with Crippen LogP contribution in [0.1, 0.15) is 31.7 Å². The summed E-state index contributed by atoms with van der Waals surface area (Å²) in [4.78, 5) is 19.7. The summed E-state index contributed by atoms with van der Waals surface area (Å²) in [5.74, 6) is 0.999. The van der Waals surface area contributed by atoms with E-state index in [1.165, 1.54) is 4.90 Å². The topological polar surface area (TPSA) is 60.0 Å². The van der Waals surface area contributed by atoms with Gasteiger partial charge in [0, 0.05) is 38.3 Å². The van der Waals surface area contributed by atoms with Crippen molar-refractivity contribution in [3.05, 3.63) is 29.8 Å². The minimum absolute atomic E-state index is 0. The molecule has 31 heavy (non-hydrogen) atoms. The summed E-state index contributed by atoms with van der Waals surface area (Å²) in [6.07, 6.45) is -1.88. The molecule has 2 fully saturated rings. The van der Waals surface area contributed by atoms with Crippen molar-refractivity contribution in [3.63, 3.8) is 0 Å². The van der Waals surface area contributed by atoms with Gasteiger partial charge in [-0.15, -0.1) is 24.0 Å². The van der Waals surface area contributed by atoms with E-state index in [1.807, 2.05) is 36.1 Å². The third-order valence-corrected chi connectivity index (χ3v) is 5.42. The molecule has 2 saturated heterocycles. The molecule has 0 saturated carbocycles. The van der Waals surface area contributed by atoms with Crippen molar-refractivity contribution in [1.82, 2.24) is 15.5 Å². The second-order valence-electron chi connectivity index (χ2n) is 7.90. The van der Waals surface area contributed by atoms with Gasteiger partial charge in [-0.3, -0.25) is 9.69 Å². The van der Waals surface area contributed by atoms with Crippen molar-refractivity contribution < 1.29 is 18.0 Å². The number of amides is 1. The van der Waals surface area contributed by atoms with Gasteiger partial charge >= 0.3 is 6.18 Å². The lowest BCUT2D eigenvalue weighted by Crippen LogP contribution is -2.40. The van der Waals surface area contributed by atoms with Crippen LogP contribution in [0.2, 0.25) is 0 Å². The number of hydrogen-bond acceptors (Lipinski definition) is 3. The van der Waals surface area contributed by atoms with Crippen LogP contribution in [0.3, 0.4) is 0 Å². The van der Waals surface area contributed by atoms with Crippen LogP contribution in [0.4, 0.5) is 18.9 Å². The summed E-state index contributed by atoms with van der Waals surface area (Å²) < 4.78 is 37.6. The minimum atomic E-state index is -4.14. The first kappa shape index (κ1) is 25.7. The summed E-state index contributed by atoms with van der Waals surface area (Å²) >= 11 is 0. The molecular formula is C21H31F3IN5O. The number of guanidine groups is 1. The maximum atomic E-state index is 12.5. The molecule has 1 aromatic carbocycles. The molecule has 1 amide bonds. The van der Waals surface area contributed by atoms with E-state index in [0.29, 0.717) is 45.1 Å². The van der Waals surface area contributed by atoms with Crippen molar-refractivity contribution in [2.24, 2.45) is 10.9 Å². The number of aliphatic imine (C=N–C) groups is 1. The van der Waals surface area contributed by atoms with Crippen molar-refractivity contribution >= 4 is 41.5 Å². The lowest BCUT2D eigenvalue weighted by atomic mass is 10.1. The van der Waals surface area contributed by atoms with Crippen molar-refractivity contribution in [3.8, 4) is 0 Å². The fourth-order valence-electron chi connectivity index (χ4n) is 3.93. The van der Waals surface area contributed by atoms with Gasteiger partial charge in [0.2, 0.25) is 5.91 Å². The highest BCUT2D eigenvalue weighted by Crippen LogP contribution is 2.23. The molecule has 0 spiro atoms. The molecule has 10 heteroatoms. The Morgan fingerprint density at radius 3 is 2.55 bits per heavy atom. The zero-order valence-corrected chi connectivity index (χ0v) is 20.1. The summed E-state index contributed by atoms with van der Waals surface area (Å²) in [6, 6.07) is 7.84. The van der Waals surface area contributed by atoms with Crippen molar-refractivity contribution in [1.29, 1.82) is 0 Å². The van der Waals surface area contributed by atoms with E-state index in [0.717, 1.165) is 30.6 Å². The average molecular weight is 553 g/mol. The van der Waals surface area contributed by atoms with Gasteiger partial charge in [-0.2, -0.15) is 13.2 Å². The van der Waals surface area contributed by atoms with E-state index in [2.05, 4.69) is 15.6 Å². The molecule has 2 aliphatic heterocycles. The van der Waals surface area contributed by atoms with Crippen LogP contribution < -0.4 is 15.5 Å². The van der Waals surface area contributed by atoms with Gasteiger partial charge in [0.05, 0.1) is 13.1 Å². The Labute approximate surface area is 198 Å². The summed E-state index contributed by atoms with van der Waals surface area (Å²) in [5.41, 5.74) is 1.94. The Balaban J connectivity index is 0.00000341. The van der Waals surface area contributed by atoms with Crippen LogP contribution in [0.25, 0.3) is 0 Å². The van der Waals surface area contributed by atoms with Gasteiger partial charge in [-0.25, -0.2) is 4.99 Å². The van der Waals surface area contributed by atoms with Crippen LogP contribution in [0.5, 0.6) is 0 Å². The average Bonchev–Trinajstić information content (AvgIpc) is 3.32. The molecule has 0 aromatic heterocycles. The summed E-state index contributed by atoms with van der Waals surface area (Å²) in [7, 11) is 0. The number of benzene rings is 1. The molecule has 1 atom stereocenters. The van der Waals surface area contributed by atoms with E-state index in [9.17, 15) is 18.0 Å². The quantitative estimate of drug-likeness (QED) is 0.309. The van der Waals surface area contributed by atoms with Gasteiger partial charge in [0.15, 0.2) is 5.96 Å². The maximum Gasteiger partial charge on any atom is 0.401 e. The Bertz CT molecular complexity index is 742.